The van der Waals surface area contributed by atoms with Gasteiger partial charge in [0.15, 0.2) is 11.5 Å². The third kappa shape index (κ3) is 4.72. The Kier molecular flexibility index (Phi) is 6.11. The van der Waals surface area contributed by atoms with E-state index in [9.17, 15) is 9.90 Å². The SMILES string of the molecule is CCCN(CC(=O)O)Cc1cc(Br)c(O)c(OC)c1. The fourth-order valence-electron chi connectivity index (χ4n) is 1.85. The molecule has 0 heterocycles. The molecule has 0 aromatic heterocycles. The molecule has 1 rings (SSSR count). The summed E-state index contributed by atoms with van der Waals surface area (Å²) in [5.41, 5.74) is 0.885. The van der Waals surface area contributed by atoms with Crippen molar-refractivity contribution >= 4 is 21.9 Å². The van der Waals surface area contributed by atoms with Crippen LogP contribution in [0.5, 0.6) is 11.5 Å². The summed E-state index contributed by atoms with van der Waals surface area (Å²) < 4.78 is 5.61. The Morgan fingerprint density at radius 1 is 1.47 bits per heavy atom. The molecule has 0 aliphatic heterocycles. The van der Waals surface area contributed by atoms with Crippen LogP contribution < -0.4 is 4.74 Å². The highest BCUT2D eigenvalue weighted by Crippen LogP contribution is 2.35. The van der Waals surface area contributed by atoms with Gasteiger partial charge in [-0.2, -0.15) is 0 Å². The zero-order valence-electron chi connectivity index (χ0n) is 11.0. The predicted molar refractivity (Wildman–Crippen MR) is 75.6 cm³/mol. The molecule has 19 heavy (non-hydrogen) atoms. The van der Waals surface area contributed by atoms with Gasteiger partial charge in [-0.1, -0.05) is 6.92 Å². The number of nitrogens with zero attached hydrogens (tertiary/aromatic N) is 1. The number of hydrogen-bond donors (Lipinski definition) is 2. The smallest absolute Gasteiger partial charge is 0.317 e. The first-order valence-corrected chi connectivity index (χ1v) is 6.76. The van der Waals surface area contributed by atoms with Gasteiger partial charge in [0, 0.05) is 6.54 Å². The lowest BCUT2D eigenvalue weighted by atomic mass is 10.2. The largest absolute Gasteiger partial charge is 0.503 e. The van der Waals surface area contributed by atoms with E-state index < -0.39 is 5.97 Å². The third-order valence-corrected chi connectivity index (χ3v) is 3.22. The lowest BCUT2D eigenvalue weighted by Crippen LogP contribution is -2.30. The Balaban J connectivity index is 2.89. The highest BCUT2D eigenvalue weighted by Gasteiger charge is 2.13. The number of methoxy groups -OCH3 is 1. The van der Waals surface area contributed by atoms with Crippen LogP contribution >= 0.6 is 15.9 Å². The summed E-state index contributed by atoms with van der Waals surface area (Å²) in [6, 6.07) is 3.48. The second-order valence-electron chi connectivity index (χ2n) is 4.23. The number of halogens is 1. The van der Waals surface area contributed by atoms with E-state index in [1.165, 1.54) is 7.11 Å². The molecule has 5 nitrogen and oxygen atoms in total. The molecule has 0 amide bonds. The van der Waals surface area contributed by atoms with E-state index in [-0.39, 0.29) is 12.3 Å². The Labute approximate surface area is 120 Å². The van der Waals surface area contributed by atoms with Crippen molar-refractivity contribution in [3.63, 3.8) is 0 Å². The van der Waals surface area contributed by atoms with Gasteiger partial charge in [-0.15, -0.1) is 0 Å². The molecule has 0 saturated heterocycles. The summed E-state index contributed by atoms with van der Waals surface area (Å²) in [6.07, 6.45) is 0.879. The topological polar surface area (TPSA) is 70.0 Å². The van der Waals surface area contributed by atoms with E-state index in [4.69, 9.17) is 9.84 Å². The molecule has 0 atom stereocenters. The predicted octanol–water partition coefficient (Wildman–Crippen LogP) is 2.46. The Morgan fingerprint density at radius 2 is 2.16 bits per heavy atom. The second-order valence-corrected chi connectivity index (χ2v) is 5.09. The highest BCUT2D eigenvalue weighted by atomic mass is 79.9. The van der Waals surface area contributed by atoms with Crippen LogP contribution in [0.15, 0.2) is 16.6 Å². The van der Waals surface area contributed by atoms with Crippen LogP contribution in [0.3, 0.4) is 0 Å². The van der Waals surface area contributed by atoms with Crippen LogP contribution in [0.1, 0.15) is 18.9 Å². The fraction of sp³-hybridized carbons (Fsp3) is 0.462. The van der Waals surface area contributed by atoms with Crippen molar-refractivity contribution in [2.24, 2.45) is 0 Å². The number of carbonyl (C=O) groups is 1. The lowest BCUT2D eigenvalue weighted by Gasteiger charge is -2.20. The van der Waals surface area contributed by atoms with Crippen LogP contribution in [-0.2, 0) is 11.3 Å². The molecule has 0 aliphatic carbocycles. The van der Waals surface area contributed by atoms with Gasteiger partial charge in [-0.05, 0) is 46.6 Å². The Bertz CT molecular complexity index is 451. The zero-order chi connectivity index (χ0) is 14.4. The molecule has 2 N–H and O–H groups in total. The number of carboxylic acid groups (broad SMARTS) is 1. The summed E-state index contributed by atoms with van der Waals surface area (Å²) in [5, 5.41) is 18.6. The van der Waals surface area contributed by atoms with E-state index >= 15 is 0 Å². The van der Waals surface area contributed by atoms with Crippen molar-refractivity contribution in [3.8, 4) is 11.5 Å². The molecule has 1 aromatic rings. The van der Waals surface area contributed by atoms with Crippen molar-refractivity contribution in [3.05, 3.63) is 22.2 Å². The van der Waals surface area contributed by atoms with Crippen LogP contribution in [0, 0.1) is 0 Å². The van der Waals surface area contributed by atoms with Gasteiger partial charge in [0.2, 0.25) is 0 Å². The van der Waals surface area contributed by atoms with Crippen LogP contribution in [0.4, 0.5) is 0 Å². The normalized spacial score (nSPS) is 10.7. The Morgan fingerprint density at radius 3 is 2.68 bits per heavy atom. The number of rotatable bonds is 7. The molecule has 0 radical (unpaired) electrons. The first-order chi connectivity index (χ1) is 8.97. The second kappa shape index (κ2) is 7.35. The average Bonchev–Trinajstić information content (AvgIpc) is 2.33. The zero-order valence-corrected chi connectivity index (χ0v) is 12.6. The first-order valence-electron chi connectivity index (χ1n) is 5.97. The van der Waals surface area contributed by atoms with Crippen LogP contribution in [0.25, 0.3) is 0 Å². The molecule has 1 aromatic carbocycles. The molecule has 0 fully saturated rings. The quantitative estimate of drug-likeness (QED) is 0.803. The number of phenols is 1. The van der Waals surface area contributed by atoms with Gasteiger partial charge in [-0.3, -0.25) is 9.69 Å². The number of phenolic OH excluding ortho intramolecular Hbond substituents is 1. The number of hydrogen-bond acceptors (Lipinski definition) is 4. The molecule has 0 unspecified atom stereocenters. The molecule has 106 valence electrons. The van der Waals surface area contributed by atoms with E-state index in [1.54, 1.807) is 12.1 Å². The van der Waals surface area contributed by atoms with Crippen molar-refractivity contribution < 1.29 is 19.7 Å². The minimum atomic E-state index is -0.849. The highest BCUT2D eigenvalue weighted by molar-refractivity contribution is 9.10. The van der Waals surface area contributed by atoms with Crippen LogP contribution in [-0.4, -0.2) is 41.3 Å². The van der Waals surface area contributed by atoms with Crippen molar-refractivity contribution in [2.75, 3.05) is 20.2 Å². The molecule has 0 spiro atoms. The summed E-state index contributed by atoms with van der Waals surface area (Å²) in [5.74, 6) is -0.430. The molecule has 0 saturated carbocycles. The first kappa shape index (κ1) is 15.8. The van der Waals surface area contributed by atoms with Gasteiger partial charge < -0.3 is 14.9 Å². The monoisotopic (exact) mass is 331 g/mol. The molecule has 0 bridgehead atoms. The van der Waals surface area contributed by atoms with Gasteiger partial charge >= 0.3 is 5.97 Å². The summed E-state index contributed by atoms with van der Waals surface area (Å²) in [7, 11) is 1.48. The maximum absolute atomic E-state index is 10.8. The lowest BCUT2D eigenvalue weighted by molar-refractivity contribution is -0.138. The maximum Gasteiger partial charge on any atom is 0.317 e. The standard InChI is InChI=1S/C13H18BrNO4/c1-3-4-15(8-12(16)17)7-9-5-10(14)13(18)11(6-9)19-2/h5-6,18H,3-4,7-8H2,1-2H3,(H,16,17). The number of aliphatic carboxylic acids is 1. The number of ether oxygens (including phenoxy) is 1. The summed E-state index contributed by atoms with van der Waals surface area (Å²) >= 11 is 3.25. The molecule has 6 heteroatoms. The minimum absolute atomic E-state index is 0.00531. The average molecular weight is 332 g/mol. The van der Waals surface area contributed by atoms with E-state index in [0.29, 0.717) is 23.3 Å². The van der Waals surface area contributed by atoms with Crippen molar-refractivity contribution in [1.82, 2.24) is 4.90 Å². The van der Waals surface area contributed by atoms with Crippen molar-refractivity contribution in [2.45, 2.75) is 19.9 Å². The van der Waals surface area contributed by atoms with Crippen LogP contribution in [0.2, 0.25) is 0 Å². The van der Waals surface area contributed by atoms with E-state index in [1.807, 2.05) is 11.8 Å². The number of aromatic hydroxyl groups is 1. The number of carboxylic acids is 1. The fourth-order valence-corrected chi connectivity index (χ4v) is 2.34. The summed E-state index contributed by atoms with van der Waals surface area (Å²) in [6.45, 7) is 3.19. The maximum atomic E-state index is 10.8. The molecular weight excluding hydrogens is 314 g/mol. The minimum Gasteiger partial charge on any atom is -0.503 e. The molecular formula is C13H18BrNO4. The third-order valence-electron chi connectivity index (χ3n) is 2.61. The van der Waals surface area contributed by atoms with E-state index in [0.717, 1.165) is 12.0 Å². The van der Waals surface area contributed by atoms with Gasteiger partial charge in [0.05, 0.1) is 18.1 Å². The van der Waals surface area contributed by atoms with Gasteiger partial charge in [0.25, 0.3) is 0 Å². The number of benzene rings is 1. The van der Waals surface area contributed by atoms with Gasteiger partial charge in [0.1, 0.15) is 0 Å². The molecule has 0 aliphatic rings. The van der Waals surface area contributed by atoms with Gasteiger partial charge in [-0.25, -0.2) is 0 Å². The Hall–Kier alpha value is -1.27. The van der Waals surface area contributed by atoms with E-state index in [2.05, 4.69) is 15.9 Å². The summed E-state index contributed by atoms with van der Waals surface area (Å²) in [4.78, 5) is 12.6. The van der Waals surface area contributed by atoms with Crippen molar-refractivity contribution in [1.29, 1.82) is 0 Å².